The van der Waals surface area contributed by atoms with Gasteiger partial charge in [0.25, 0.3) is 0 Å². The van der Waals surface area contributed by atoms with Gasteiger partial charge in [0.2, 0.25) is 0 Å². The van der Waals surface area contributed by atoms with Crippen molar-refractivity contribution in [3.8, 4) is 0 Å². The average molecular weight is 1010 g/mol. The third-order valence-corrected chi connectivity index (χ3v) is 15.0. The van der Waals surface area contributed by atoms with Gasteiger partial charge in [0.1, 0.15) is 26.4 Å². The first-order valence-corrected chi connectivity index (χ1v) is 24.5. The molecule has 0 atom stereocenters. The highest BCUT2D eigenvalue weighted by molar-refractivity contribution is 8.36. The lowest BCUT2D eigenvalue weighted by Crippen LogP contribution is -2.23. The third kappa shape index (κ3) is 15.9. The first-order chi connectivity index (χ1) is 33.2. The van der Waals surface area contributed by atoms with E-state index in [1.165, 1.54) is 0 Å². The Labute approximate surface area is 424 Å². The molecule has 4 aromatic carbocycles. The molecular formula is C52H57N5O8S4. The molecule has 13 nitrogen and oxygen atoms in total. The minimum Gasteiger partial charge on any atom is -0.461 e. The maximum atomic E-state index is 11.7. The van der Waals surface area contributed by atoms with E-state index in [2.05, 4.69) is 90.1 Å². The van der Waals surface area contributed by atoms with Crippen LogP contribution in [0.15, 0.2) is 148 Å². The Morgan fingerprint density at radius 2 is 0.768 bits per heavy atom. The van der Waals surface area contributed by atoms with Gasteiger partial charge in [-0.2, -0.15) is 0 Å². The fraction of sp³-hybridized carbons (Fsp3) is 0.231. The summed E-state index contributed by atoms with van der Waals surface area (Å²) in [6, 6.07) is 32.9. The van der Waals surface area contributed by atoms with Gasteiger partial charge in [-0.3, -0.25) is 0 Å². The molecule has 4 aromatic rings. The van der Waals surface area contributed by atoms with Crippen LogP contribution in [0.2, 0.25) is 0 Å². The summed E-state index contributed by atoms with van der Waals surface area (Å²) in [6.07, 6.45) is 4.62. The number of benzene rings is 4. The summed E-state index contributed by atoms with van der Waals surface area (Å²) in [5, 5.41) is 0. The van der Waals surface area contributed by atoms with Crippen LogP contribution in [0.4, 0.5) is 22.7 Å². The molecule has 0 bridgehead atoms. The van der Waals surface area contributed by atoms with Gasteiger partial charge in [-0.1, -0.05) is 74.8 Å². The van der Waals surface area contributed by atoms with Gasteiger partial charge in [-0.05, 0) is 107 Å². The van der Waals surface area contributed by atoms with Crippen molar-refractivity contribution in [2.45, 2.75) is 0 Å². The molecule has 0 saturated carbocycles. The van der Waals surface area contributed by atoms with Crippen molar-refractivity contribution in [1.82, 2.24) is 3.12 Å². The molecule has 0 spiro atoms. The van der Waals surface area contributed by atoms with Crippen LogP contribution in [0.1, 0.15) is 22.3 Å². The molecule has 1 heterocycles. The quantitative estimate of drug-likeness (QED) is 0.0160. The summed E-state index contributed by atoms with van der Waals surface area (Å²) >= 11 is 10.0. The number of esters is 4. The highest BCUT2D eigenvalue weighted by atomic mass is 32.3. The minimum atomic E-state index is -0.463. The number of ether oxygens (including phenoxy) is 4. The lowest BCUT2D eigenvalue weighted by atomic mass is 10.1. The van der Waals surface area contributed by atoms with E-state index in [-0.39, 0.29) is 26.4 Å². The molecule has 0 radical (unpaired) electrons. The number of nitrogens with zero attached hydrogens (tertiary/aromatic N) is 5. The number of carbonyl (C=O) groups excluding carboxylic acids is 4. The van der Waals surface area contributed by atoms with Crippen molar-refractivity contribution in [3.05, 3.63) is 170 Å². The van der Waals surface area contributed by atoms with Crippen molar-refractivity contribution in [2.75, 3.05) is 100 Å². The van der Waals surface area contributed by atoms with E-state index < -0.39 is 23.9 Å². The second-order valence-electron chi connectivity index (χ2n) is 15.2. The summed E-state index contributed by atoms with van der Waals surface area (Å²) in [7, 11) is 7.78. The van der Waals surface area contributed by atoms with E-state index in [1.54, 1.807) is 35.8 Å². The largest absolute Gasteiger partial charge is 0.461 e. The van der Waals surface area contributed by atoms with E-state index >= 15 is 0 Å². The van der Waals surface area contributed by atoms with Crippen LogP contribution in [0.3, 0.4) is 0 Å². The van der Waals surface area contributed by atoms with Crippen molar-refractivity contribution in [1.29, 1.82) is 0 Å². The number of hydrogen-bond donors (Lipinski definition) is 1. The maximum absolute atomic E-state index is 11.7. The van der Waals surface area contributed by atoms with Crippen LogP contribution >= 0.6 is 48.5 Å². The average Bonchev–Trinajstić information content (AvgIpc) is 3.81. The fourth-order valence-corrected chi connectivity index (χ4v) is 10.6. The normalized spacial score (nSPS) is 12.5. The van der Waals surface area contributed by atoms with Gasteiger partial charge < -0.3 is 38.5 Å². The molecule has 362 valence electrons. The molecule has 0 N–H and O–H groups in total. The number of hydrogen-bond acceptors (Lipinski definition) is 17. The summed E-state index contributed by atoms with van der Waals surface area (Å²) < 4.78 is 23.0. The Morgan fingerprint density at radius 1 is 0.493 bits per heavy atom. The summed E-state index contributed by atoms with van der Waals surface area (Å²) in [5.74, 6) is -1.84. The minimum absolute atomic E-state index is 0.219. The Kier molecular flexibility index (Phi) is 21.1. The van der Waals surface area contributed by atoms with Crippen molar-refractivity contribution in [2.24, 2.45) is 0 Å². The smallest absolute Gasteiger partial charge is 0.330 e. The lowest BCUT2D eigenvalue weighted by molar-refractivity contribution is -0.138. The molecule has 0 saturated heterocycles. The SMILES string of the molecule is C=CC(=O)OCCN(C)c1ccc(C2=C(c3ccc(N(C)CCOC(=O)C=C)cc3)SN(S/C(=C(\S)c3ccc(N(C)CCOC(=O)C=C)cc3)c3ccc(N(C)CCOC(=O)C=C)cc3)S2)cc1. The second kappa shape index (κ2) is 27.1. The molecule has 0 unspecified atom stereocenters. The van der Waals surface area contributed by atoms with Gasteiger partial charge in [-0.25, -0.2) is 19.2 Å². The first kappa shape index (κ1) is 53.7. The van der Waals surface area contributed by atoms with Gasteiger partial charge in [0.05, 0.1) is 26.2 Å². The van der Waals surface area contributed by atoms with Crippen molar-refractivity contribution in [3.63, 3.8) is 0 Å². The van der Waals surface area contributed by atoms with Crippen molar-refractivity contribution < 1.29 is 38.1 Å². The van der Waals surface area contributed by atoms with Crippen molar-refractivity contribution >= 4 is 115 Å². The Morgan fingerprint density at radius 3 is 1.06 bits per heavy atom. The summed E-state index contributed by atoms with van der Waals surface area (Å²) in [4.78, 5) is 58.4. The number of anilines is 4. The first-order valence-electron chi connectivity index (χ1n) is 21.7. The monoisotopic (exact) mass is 1010 g/mol. The molecule has 1 aliphatic rings. The van der Waals surface area contributed by atoms with E-state index in [1.807, 2.05) is 84.2 Å². The standard InChI is InChI=1S/C52H57N5O8S4/c1-9-45(58)62-33-29-53(5)41-21-13-37(14-22-41)49(66)50(38-15-23-42(24-16-38)54(6)30-34-63-46(59)10-2)67-57-68-51(39-17-25-43(26-18-39)55(7)31-35-64-47(60)11-3)52(69-57)40-19-27-44(28-20-40)56(8)32-36-65-48(61)12-4/h9-28,66H,1-4,29-36H2,5-8H3/b50-49-. The predicted molar refractivity (Wildman–Crippen MR) is 291 cm³/mol. The van der Waals surface area contributed by atoms with Gasteiger partial charge in [0.15, 0.2) is 0 Å². The zero-order chi connectivity index (χ0) is 49.9. The predicted octanol–water partition coefficient (Wildman–Crippen LogP) is 9.89. The summed E-state index contributed by atoms with van der Waals surface area (Å²) in [6.45, 7) is 16.8. The molecule has 17 heteroatoms. The Balaban J connectivity index is 1.47. The highest BCUT2D eigenvalue weighted by Gasteiger charge is 2.30. The number of thiol groups is 1. The molecule has 5 rings (SSSR count). The van der Waals surface area contributed by atoms with Crippen LogP contribution in [-0.2, 0) is 38.1 Å². The number of likely N-dealkylation sites (N-methyl/N-ethyl adjacent to an activating group) is 4. The van der Waals surface area contributed by atoms with Crippen LogP contribution in [0.5, 0.6) is 0 Å². The van der Waals surface area contributed by atoms with Crippen LogP contribution in [0.25, 0.3) is 19.6 Å². The molecule has 0 aliphatic carbocycles. The molecule has 0 amide bonds. The van der Waals surface area contributed by atoms with Crippen LogP contribution < -0.4 is 19.6 Å². The number of rotatable bonds is 26. The molecular weight excluding hydrogens is 951 g/mol. The van der Waals surface area contributed by atoms with E-state index in [0.29, 0.717) is 26.2 Å². The highest BCUT2D eigenvalue weighted by Crippen LogP contribution is 2.59. The molecule has 0 fully saturated rings. The molecule has 0 aromatic heterocycles. The van der Waals surface area contributed by atoms with Gasteiger partial charge in [0, 0.05) is 94.9 Å². The van der Waals surface area contributed by atoms with Crippen LogP contribution in [-0.4, -0.2) is 108 Å². The summed E-state index contributed by atoms with van der Waals surface area (Å²) in [5.41, 5.74) is 7.71. The van der Waals surface area contributed by atoms with E-state index in [0.717, 1.165) is 88.9 Å². The maximum Gasteiger partial charge on any atom is 0.330 e. The third-order valence-electron chi connectivity index (χ3n) is 10.6. The van der Waals surface area contributed by atoms with Crippen LogP contribution in [0, 0.1) is 0 Å². The van der Waals surface area contributed by atoms with E-state index in [9.17, 15) is 19.2 Å². The zero-order valence-corrected chi connectivity index (χ0v) is 42.6. The number of carbonyl (C=O) groups is 4. The Bertz CT molecular complexity index is 2430. The second-order valence-corrected chi connectivity index (χ2v) is 19.2. The molecule has 1 aliphatic heterocycles. The topological polar surface area (TPSA) is 121 Å². The lowest BCUT2D eigenvalue weighted by Gasteiger charge is -2.22. The van der Waals surface area contributed by atoms with Gasteiger partial charge >= 0.3 is 23.9 Å². The zero-order valence-electron chi connectivity index (χ0n) is 39.2. The molecule has 69 heavy (non-hydrogen) atoms. The van der Waals surface area contributed by atoms with E-state index in [4.69, 9.17) is 31.6 Å². The van der Waals surface area contributed by atoms with Gasteiger partial charge in [-0.15, -0.1) is 15.7 Å². The Hall–Kier alpha value is -6.24. The fourth-order valence-electron chi connectivity index (χ4n) is 6.45.